The van der Waals surface area contributed by atoms with Crippen LogP contribution in [-0.4, -0.2) is 41.0 Å². The van der Waals surface area contributed by atoms with Crippen LogP contribution in [0.3, 0.4) is 0 Å². The number of para-hydroxylation sites is 1. The molecule has 0 bridgehead atoms. The second-order valence-corrected chi connectivity index (χ2v) is 8.29. The second-order valence-electron chi connectivity index (χ2n) is 8.29. The summed E-state index contributed by atoms with van der Waals surface area (Å²) in [7, 11) is 0. The summed E-state index contributed by atoms with van der Waals surface area (Å²) >= 11 is 0. The summed E-state index contributed by atoms with van der Waals surface area (Å²) in [4.78, 5) is 38.0. The smallest absolute Gasteiger partial charge is 0.338 e. The molecule has 2 N–H and O–H groups in total. The average molecular weight is 489 g/mol. The number of hydrogen-bond donors (Lipinski definition) is 2. The first kappa shape index (κ1) is 24.7. The Morgan fingerprint density at radius 2 is 1.67 bits per heavy atom. The van der Waals surface area contributed by atoms with E-state index in [4.69, 9.17) is 9.47 Å². The first-order valence-corrected chi connectivity index (χ1v) is 11.7. The maximum absolute atomic E-state index is 12.8. The molecule has 0 aliphatic carbocycles. The Bertz CT molecular complexity index is 1300. The van der Waals surface area contributed by atoms with Crippen molar-refractivity contribution in [2.75, 3.05) is 13.2 Å². The maximum Gasteiger partial charge on any atom is 0.338 e. The fourth-order valence-electron chi connectivity index (χ4n) is 4.18. The molecule has 0 spiro atoms. The molecule has 0 saturated carbocycles. The summed E-state index contributed by atoms with van der Waals surface area (Å²) in [6, 6.07) is 17.5. The Morgan fingerprint density at radius 1 is 1.00 bits per heavy atom. The van der Waals surface area contributed by atoms with Crippen LogP contribution in [0, 0.1) is 13.8 Å². The van der Waals surface area contributed by atoms with Gasteiger partial charge in [0.2, 0.25) is 0 Å². The molecule has 3 aromatic rings. The molecule has 2 aromatic carbocycles. The topological polar surface area (TPSA) is 112 Å². The fraction of sp³-hybridized carbons (Fsp3) is 0.259. The molecule has 0 fully saturated rings. The lowest BCUT2D eigenvalue weighted by Crippen LogP contribution is -2.47. The number of ether oxygens (including phenoxy) is 2. The van der Waals surface area contributed by atoms with Crippen molar-refractivity contribution in [1.82, 2.24) is 20.4 Å². The lowest BCUT2D eigenvalue weighted by Gasteiger charge is -2.29. The van der Waals surface area contributed by atoms with Crippen LogP contribution in [0.4, 0.5) is 4.79 Å². The van der Waals surface area contributed by atoms with Gasteiger partial charge in [0.1, 0.15) is 6.61 Å². The lowest BCUT2D eigenvalue weighted by atomic mass is 9.95. The third kappa shape index (κ3) is 5.30. The van der Waals surface area contributed by atoms with Crippen molar-refractivity contribution in [3.63, 3.8) is 0 Å². The van der Waals surface area contributed by atoms with Crippen LogP contribution in [0.2, 0.25) is 0 Å². The SMILES string of the molecule is CCOC(=O)C1=C(COC(=O)Cc2c(C)nn(-c3ccccc3)c2C)NC(=O)NC1c1ccccc1. The van der Waals surface area contributed by atoms with Crippen LogP contribution in [0.15, 0.2) is 71.9 Å². The van der Waals surface area contributed by atoms with Gasteiger partial charge >= 0.3 is 18.0 Å². The summed E-state index contributed by atoms with van der Waals surface area (Å²) in [5, 5.41) is 9.93. The van der Waals surface area contributed by atoms with E-state index in [0.29, 0.717) is 5.56 Å². The number of carbonyl (C=O) groups excluding carboxylic acids is 3. The Labute approximate surface area is 209 Å². The molecule has 9 heteroatoms. The Morgan fingerprint density at radius 3 is 2.33 bits per heavy atom. The Kier molecular flexibility index (Phi) is 7.48. The summed E-state index contributed by atoms with van der Waals surface area (Å²) in [6.07, 6.45) is 0.000824. The minimum Gasteiger partial charge on any atom is -0.463 e. The second kappa shape index (κ2) is 10.9. The fourth-order valence-corrected chi connectivity index (χ4v) is 4.18. The van der Waals surface area contributed by atoms with Gasteiger partial charge in [0.05, 0.1) is 41.7 Å². The number of nitrogens with one attached hydrogen (secondary N) is 2. The molecule has 36 heavy (non-hydrogen) atoms. The Hall–Kier alpha value is -4.40. The van der Waals surface area contributed by atoms with Gasteiger partial charge in [-0.15, -0.1) is 0 Å². The van der Waals surface area contributed by atoms with Crippen molar-refractivity contribution in [2.45, 2.75) is 33.2 Å². The first-order valence-electron chi connectivity index (χ1n) is 11.7. The van der Waals surface area contributed by atoms with Crippen LogP contribution in [0.5, 0.6) is 0 Å². The van der Waals surface area contributed by atoms with E-state index in [1.54, 1.807) is 23.7 Å². The molecule has 1 aliphatic rings. The summed E-state index contributed by atoms with van der Waals surface area (Å²) < 4.78 is 12.5. The van der Waals surface area contributed by atoms with E-state index in [9.17, 15) is 14.4 Å². The third-order valence-corrected chi connectivity index (χ3v) is 5.92. The number of esters is 2. The quantitative estimate of drug-likeness (QED) is 0.470. The molecule has 4 rings (SSSR count). The molecule has 2 heterocycles. The highest BCUT2D eigenvalue weighted by molar-refractivity contribution is 5.95. The van der Waals surface area contributed by atoms with Gasteiger partial charge in [-0.25, -0.2) is 14.3 Å². The number of nitrogens with zero attached hydrogens (tertiary/aromatic N) is 2. The third-order valence-electron chi connectivity index (χ3n) is 5.92. The minimum atomic E-state index is -0.735. The number of benzene rings is 2. The van der Waals surface area contributed by atoms with Crippen molar-refractivity contribution in [1.29, 1.82) is 0 Å². The van der Waals surface area contributed by atoms with E-state index in [1.807, 2.05) is 62.4 Å². The molecule has 1 atom stereocenters. The van der Waals surface area contributed by atoms with E-state index in [2.05, 4.69) is 15.7 Å². The normalized spacial score (nSPS) is 15.2. The van der Waals surface area contributed by atoms with Crippen molar-refractivity contribution < 1.29 is 23.9 Å². The number of hydrogen-bond acceptors (Lipinski definition) is 6. The predicted molar refractivity (Wildman–Crippen MR) is 132 cm³/mol. The van der Waals surface area contributed by atoms with Gasteiger partial charge in [0.25, 0.3) is 0 Å². The van der Waals surface area contributed by atoms with E-state index in [-0.39, 0.29) is 30.9 Å². The number of carbonyl (C=O) groups is 3. The predicted octanol–water partition coefficient (Wildman–Crippen LogP) is 3.45. The number of rotatable bonds is 8. The van der Waals surface area contributed by atoms with Gasteiger partial charge in [-0.3, -0.25) is 4.79 Å². The molecule has 2 amide bonds. The summed E-state index contributed by atoms with van der Waals surface area (Å²) in [5.74, 6) is -1.10. The molecule has 1 aromatic heterocycles. The molecule has 9 nitrogen and oxygen atoms in total. The van der Waals surface area contributed by atoms with E-state index in [1.165, 1.54) is 0 Å². The van der Waals surface area contributed by atoms with Gasteiger partial charge in [-0.1, -0.05) is 48.5 Å². The van der Waals surface area contributed by atoms with Crippen LogP contribution in [-0.2, 0) is 25.5 Å². The molecule has 1 aliphatic heterocycles. The largest absolute Gasteiger partial charge is 0.463 e. The maximum atomic E-state index is 12.8. The zero-order chi connectivity index (χ0) is 25.7. The van der Waals surface area contributed by atoms with E-state index < -0.39 is 24.0 Å². The van der Waals surface area contributed by atoms with Crippen LogP contribution in [0.25, 0.3) is 5.69 Å². The molecule has 1 unspecified atom stereocenters. The zero-order valence-corrected chi connectivity index (χ0v) is 20.4. The van der Waals surface area contributed by atoms with Crippen molar-refractivity contribution in [2.24, 2.45) is 0 Å². The highest BCUT2D eigenvalue weighted by atomic mass is 16.5. The number of aryl methyl sites for hydroxylation is 1. The van der Waals surface area contributed by atoms with Crippen LogP contribution < -0.4 is 10.6 Å². The van der Waals surface area contributed by atoms with Crippen LogP contribution in [0.1, 0.15) is 35.5 Å². The van der Waals surface area contributed by atoms with Gasteiger partial charge < -0.3 is 20.1 Å². The minimum absolute atomic E-state index is 0.000824. The van der Waals surface area contributed by atoms with Gasteiger partial charge in [0, 0.05) is 11.3 Å². The van der Waals surface area contributed by atoms with Crippen molar-refractivity contribution >= 4 is 18.0 Å². The monoisotopic (exact) mass is 488 g/mol. The highest BCUT2D eigenvalue weighted by Gasteiger charge is 2.34. The van der Waals surface area contributed by atoms with Gasteiger partial charge in [0.15, 0.2) is 0 Å². The van der Waals surface area contributed by atoms with Crippen molar-refractivity contribution in [3.05, 3.63) is 94.4 Å². The molecule has 0 radical (unpaired) electrons. The zero-order valence-electron chi connectivity index (χ0n) is 20.4. The summed E-state index contributed by atoms with van der Waals surface area (Å²) in [5.41, 5.74) is 4.30. The highest BCUT2D eigenvalue weighted by Crippen LogP contribution is 2.28. The number of amides is 2. The van der Waals surface area contributed by atoms with E-state index >= 15 is 0 Å². The van der Waals surface area contributed by atoms with Gasteiger partial charge in [-0.2, -0.15) is 5.10 Å². The lowest BCUT2D eigenvalue weighted by molar-refractivity contribution is -0.143. The molecular weight excluding hydrogens is 460 g/mol. The van der Waals surface area contributed by atoms with Crippen LogP contribution >= 0.6 is 0 Å². The van der Waals surface area contributed by atoms with Crippen molar-refractivity contribution in [3.8, 4) is 5.69 Å². The Balaban J connectivity index is 1.55. The standard InChI is InChI=1S/C27H28N4O5/c1-4-35-26(33)24-22(28-27(34)29-25(24)19-11-7-5-8-12-19)16-36-23(32)15-21-17(2)30-31(18(21)3)20-13-9-6-10-14-20/h5-14,25H,4,15-16H2,1-3H3,(H2,28,29,34). The number of urea groups is 1. The number of aromatic nitrogens is 2. The molecular formula is C27H28N4O5. The van der Waals surface area contributed by atoms with E-state index in [0.717, 1.165) is 22.6 Å². The average Bonchev–Trinajstić information content (AvgIpc) is 3.16. The first-order chi connectivity index (χ1) is 17.4. The molecule has 186 valence electrons. The summed E-state index contributed by atoms with van der Waals surface area (Å²) in [6.45, 7) is 5.32. The molecule has 0 saturated heterocycles. The van der Waals surface area contributed by atoms with Gasteiger partial charge in [-0.05, 0) is 38.5 Å².